The molecule has 0 spiro atoms. The van der Waals surface area contributed by atoms with Crippen LogP contribution in [0.15, 0.2) is 0 Å². The molecule has 0 aliphatic carbocycles. The average molecular weight is 64.1 g/mol. The number of epoxide rings is 1. The Labute approximate surface area is 34.0 Å². The van der Waals surface area contributed by atoms with E-state index in [1.54, 1.807) is 0 Å². The highest BCUT2D eigenvalue weighted by atomic mass is 16.6. The zero-order valence-corrected chi connectivity index (χ0v) is 1.91. The molecule has 1 rings (SSSR count). The van der Waals surface area contributed by atoms with Crippen molar-refractivity contribution >= 4 is 0 Å². The Morgan fingerprint density at radius 3 is 3.75 bits per heavy atom. The summed E-state index contributed by atoms with van der Waals surface area (Å²) in [4.78, 5) is 0. The lowest BCUT2D eigenvalue weighted by Gasteiger charge is -1.50. The predicted molar refractivity (Wildman–Crippen MR) is 15.4 cm³/mol. The van der Waals surface area contributed by atoms with Gasteiger partial charge in [-0.05, 0) is 6.85 Å². The Kier molecular flexibility index (Phi) is 0.0404. The highest BCUT2D eigenvalue weighted by Crippen LogP contribution is 2.04. The van der Waals surface area contributed by atoms with Crippen LogP contribution in [0.2, 0.25) is 0 Å². The summed E-state index contributed by atoms with van der Waals surface area (Å²) < 4.78 is 44.6. The van der Waals surface area contributed by atoms with Crippen LogP contribution in [0.5, 0.6) is 0 Å². The molecule has 0 amide bonds. The summed E-state index contributed by atoms with van der Waals surface area (Å²) in [5.74, 6) is 0. The molecule has 1 atom stereocenters. The van der Waals surface area contributed by atoms with Crippen molar-refractivity contribution in [2.75, 3.05) is 6.56 Å². The van der Waals surface area contributed by atoms with E-state index in [1.165, 1.54) is 0 Å². The summed E-state index contributed by atoms with van der Waals surface area (Å²) in [7, 11) is 0. The Morgan fingerprint density at radius 1 is 3.00 bits per heavy atom. The fourth-order valence-corrected chi connectivity index (χ4v) is 0.0255. The van der Waals surface area contributed by atoms with Gasteiger partial charge in [0.25, 0.3) is 0 Å². The van der Waals surface area contributed by atoms with Crippen molar-refractivity contribution in [2.45, 2.75) is 12.9 Å². The molecular weight excluding hydrogens is 52.0 g/mol. The van der Waals surface area contributed by atoms with Crippen LogP contribution in [0.1, 0.15) is 15.1 Å². The van der Waals surface area contributed by atoms with Crippen LogP contribution >= 0.6 is 0 Å². The molecule has 1 aliphatic rings. The van der Waals surface area contributed by atoms with Gasteiger partial charge in [-0.25, -0.2) is 0 Å². The zero-order chi connectivity index (χ0) is 8.21. The van der Waals surface area contributed by atoms with Gasteiger partial charge in [0.1, 0.15) is 0 Å². The third-order valence-electron chi connectivity index (χ3n) is 0.204. The van der Waals surface area contributed by atoms with Gasteiger partial charge in [-0.2, -0.15) is 0 Å². The van der Waals surface area contributed by atoms with E-state index in [0.29, 0.717) is 0 Å². The van der Waals surface area contributed by atoms with E-state index in [9.17, 15) is 0 Å². The van der Waals surface area contributed by atoms with Gasteiger partial charge in [0, 0.05) is 4.11 Å². The van der Waals surface area contributed by atoms with E-state index in [1.807, 2.05) is 0 Å². The molecule has 4 heavy (non-hydrogen) atoms. The third kappa shape index (κ3) is 0.206. The summed E-state index contributed by atoms with van der Waals surface area (Å²) >= 11 is 0. The maximum Gasteiger partial charge on any atom is 0.0781 e. The van der Waals surface area contributed by atoms with Crippen LogP contribution in [0.25, 0.3) is 0 Å². The zero-order valence-electron chi connectivity index (χ0n) is 7.91. The average Bonchev–Trinajstić information content (AvgIpc) is 2.05. The van der Waals surface area contributed by atoms with Crippen LogP contribution in [0, 0.1) is 0 Å². The SMILES string of the molecule is [2H]C([2H])([2H])[C@@]1([2H])OC1([2H])[2H]. The summed E-state index contributed by atoms with van der Waals surface area (Å²) in [6, 6.07) is 0. The lowest BCUT2D eigenvalue weighted by molar-refractivity contribution is 0.423. The van der Waals surface area contributed by atoms with E-state index in [2.05, 4.69) is 4.74 Å². The van der Waals surface area contributed by atoms with Crippen LogP contribution in [0.3, 0.4) is 0 Å². The van der Waals surface area contributed by atoms with Crippen molar-refractivity contribution in [1.29, 1.82) is 0 Å². The second kappa shape index (κ2) is 0.462. The lowest BCUT2D eigenvalue weighted by Crippen LogP contribution is -1.60. The topological polar surface area (TPSA) is 12.5 Å². The minimum atomic E-state index is -2.70. The molecule has 0 bridgehead atoms. The first kappa shape index (κ1) is 0.350. The maximum absolute atomic E-state index is 6.94. The standard InChI is InChI=1S/C3H6O/c1-3-2-4-3/h3H,2H2,1H3/t3-/m1/s1/i1D3,2D2,3D. The Hall–Kier alpha value is -0.0400. The van der Waals surface area contributed by atoms with Crippen molar-refractivity contribution in [3.63, 3.8) is 0 Å². The Balaban J connectivity index is 2.78. The van der Waals surface area contributed by atoms with Gasteiger partial charge >= 0.3 is 0 Å². The van der Waals surface area contributed by atoms with Crippen molar-refractivity contribution < 1.29 is 13.0 Å². The quantitative estimate of drug-likeness (QED) is 0.371. The summed E-state index contributed by atoms with van der Waals surface area (Å²) in [6.07, 6.45) is -2.33. The molecule has 1 saturated heterocycles. The van der Waals surface area contributed by atoms with E-state index in [0.717, 1.165) is 0 Å². The molecule has 0 aromatic rings. The number of hydrogen-bond acceptors (Lipinski definition) is 1. The largest absolute Gasteiger partial charge is 0.373 e. The van der Waals surface area contributed by atoms with Crippen molar-refractivity contribution in [1.82, 2.24) is 0 Å². The maximum atomic E-state index is 6.94. The first-order valence-corrected chi connectivity index (χ1v) is 0.908. The van der Waals surface area contributed by atoms with Crippen LogP contribution in [-0.2, 0) is 4.74 Å². The first-order valence-electron chi connectivity index (χ1n) is 3.91. The molecule has 1 aliphatic heterocycles. The minimum absolute atomic E-state index is 2.31. The van der Waals surface area contributed by atoms with E-state index in [4.69, 9.17) is 8.22 Å². The van der Waals surface area contributed by atoms with Gasteiger partial charge in [0.05, 0.1) is 16.8 Å². The van der Waals surface area contributed by atoms with E-state index in [-0.39, 0.29) is 0 Å². The molecule has 0 aromatic carbocycles. The molecule has 0 radical (unpaired) electrons. The van der Waals surface area contributed by atoms with Crippen LogP contribution in [0.4, 0.5) is 0 Å². The number of ether oxygens (including phenoxy) is 1. The lowest BCUT2D eigenvalue weighted by atomic mass is 10.6. The molecule has 0 saturated carbocycles. The van der Waals surface area contributed by atoms with Crippen molar-refractivity contribution in [2.24, 2.45) is 0 Å². The molecule has 1 nitrogen and oxygen atoms in total. The molecule has 24 valence electrons. The minimum Gasteiger partial charge on any atom is -0.373 e. The molecule has 0 aromatic heterocycles. The van der Waals surface area contributed by atoms with Gasteiger partial charge in [-0.3, -0.25) is 0 Å². The summed E-state index contributed by atoms with van der Waals surface area (Å²) in [6.45, 7) is -5.01. The van der Waals surface area contributed by atoms with E-state index < -0.39 is 19.5 Å². The van der Waals surface area contributed by atoms with E-state index >= 15 is 0 Å². The molecule has 1 fully saturated rings. The highest BCUT2D eigenvalue weighted by Gasteiger charge is 2.13. The van der Waals surface area contributed by atoms with Crippen molar-refractivity contribution in [3.05, 3.63) is 0 Å². The van der Waals surface area contributed by atoms with Gasteiger partial charge in [-0.1, -0.05) is 0 Å². The van der Waals surface area contributed by atoms with Gasteiger partial charge in [0.15, 0.2) is 0 Å². The van der Waals surface area contributed by atoms with Gasteiger partial charge in [0.2, 0.25) is 0 Å². The predicted octanol–water partition coefficient (Wildman–Crippen LogP) is 0.405. The van der Waals surface area contributed by atoms with Crippen LogP contribution < -0.4 is 0 Å². The second-order valence-corrected chi connectivity index (χ2v) is 0.533. The Bertz CT molecular complexity index is 161. The van der Waals surface area contributed by atoms with Gasteiger partial charge in [-0.15, -0.1) is 0 Å². The smallest absolute Gasteiger partial charge is 0.0781 e. The molecule has 1 heteroatoms. The van der Waals surface area contributed by atoms with Crippen molar-refractivity contribution in [3.8, 4) is 0 Å². The highest BCUT2D eigenvalue weighted by molar-refractivity contribution is 4.58. The molecule has 0 unspecified atom stereocenters. The normalized spacial score (nSPS) is 96.0. The van der Waals surface area contributed by atoms with Gasteiger partial charge < -0.3 is 4.74 Å². The fourth-order valence-electron chi connectivity index (χ4n) is 0.0255. The fraction of sp³-hybridized carbons (Fsp3) is 1.00. The molecule has 1 heterocycles. The Morgan fingerprint density at radius 2 is 3.75 bits per heavy atom. The molecule has 0 N–H and O–H groups in total. The summed E-state index contributed by atoms with van der Waals surface area (Å²) in [5, 5.41) is 0. The first-order chi connectivity index (χ1) is 4.21. The number of rotatable bonds is 0. The molecular formula is C3H6O. The second-order valence-electron chi connectivity index (χ2n) is 0.533. The monoisotopic (exact) mass is 64.1 g/mol. The van der Waals surface area contributed by atoms with Crippen LogP contribution in [-0.4, -0.2) is 12.6 Å². The summed E-state index contributed by atoms with van der Waals surface area (Å²) in [5.41, 5.74) is 0. The third-order valence-corrected chi connectivity index (χ3v) is 0.204. The number of hydrogen-bond donors (Lipinski definition) is 0.